The molecule has 106 valence electrons. The first-order valence-corrected chi connectivity index (χ1v) is 6.51. The number of rotatable bonds is 5. The Bertz CT molecular complexity index is 574. The Morgan fingerprint density at radius 2 is 1.55 bits per heavy atom. The Morgan fingerprint density at radius 1 is 0.850 bits per heavy atom. The fourth-order valence-electron chi connectivity index (χ4n) is 2.41. The first kappa shape index (κ1) is 14.6. The molecule has 0 fully saturated rings. The number of benzene rings is 2. The lowest BCUT2D eigenvalue weighted by atomic mass is 9.94. The van der Waals surface area contributed by atoms with Crippen LogP contribution in [0.25, 0.3) is 11.1 Å². The molecule has 20 heavy (non-hydrogen) atoms. The molecule has 2 rings (SSSR count). The van der Waals surface area contributed by atoms with E-state index in [2.05, 4.69) is 19.1 Å². The third-order valence-electron chi connectivity index (χ3n) is 3.37. The maximum absolute atomic E-state index is 5.52. The summed E-state index contributed by atoms with van der Waals surface area (Å²) in [5.74, 6) is 0.816. The van der Waals surface area contributed by atoms with Gasteiger partial charge in [-0.05, 0) is 24.1 Å². The summed E-state index contributed by atoms with van der Waals surface area (Å²) in [5.41, 5.74) is 4.29. The van der Waals surface area contributed by atoms with E-state index in [1.807, 2.05) is 30.3 Å². The topological polar surface area (TPSA) is 27.7 Å². The summed E-state index contributed by atoms with van der Waals surface area (Å²) in [4.78, 5) is 0. The van der Waals surface area contributed by atoms with E-state index < -0.39 is 6.29 Å². The van der Waals surface area contributed by atoms with E-state index in [1.54, 1.807) is 21.3 Å². The monoisotopic (exact) mass is 272 g/mol. The summed E-state index contributed by atoms with van der Waals surface area (Å²) in [7, 11) is 4.94. The molecule has 0 bridgehead atoms. The molecule has 0 saturated heterocycles. The van der Waals surface area contributed by atoms with E-state index in [9.17, 15) is 0 Å². The van der Waals surface area contributed by atoms with E-state index in [0.29, 0.717) is 0 Å². The summed E-state index contributed by atoms with van der Waals surface area (Å²) in [5, 5.41) is 0. The second kappa shape index (κ2) is 6.55. The molecule has 0 aromatic heterocycles. The molecule has 2 aromatic rings. The second-order valence-corrected chi connectivity index (χ2v) is 4.54. The van der Waals surface area contributed by atoms with Gasteiger partial charge in [0.05, 0.1) is 7.11 Å². The molecule has 3 heteroatoms. The van der Waals surface area contributed by atoms with E-state index in [1.165, 1.54) is 5.56 Å². The number of ether oxygens (including phenoxy) is 3. The van der Waals surface area contributed by atoms with Gasteiger partial charge in [-0.3, -0.25) is 0 Å². The minimum atomic E-state index is -0.417. The van der Waals surface area contributed by atoms with Crippen molar-refractivity contribution < 1.29 is 14.2 Å². The molecule has 0 aliphatic carbocycles. The summed E-state index contributed by atoms with van der Waals surface area (Å²) in [6, 6.07) is 14.1. The van der Waals surface area contributed by atoms with Crippen molar-refractivity contribution in [2.24, 2.45) is 0 Å². The van der Waals surface area contributed by atoms with Crippen LogP contribution in [0.3, 0.4) is 0 Å². The zero-order chi connectivity index (χ0) is 14.5. The Hall–Kier alpha value is -1.84. The first-order chi connectivity index (χ1) is 9.72. The van der Waals surface area contributed by atoms with Crippen molar-refractivity contribution in [3.8, 4) is 16.9 Å². The van der Waals surface area contributed by atoms with Crippen molar-refractivity contribution in [1.82, 2.24) is 0 Å². The van der Waals surface area contributed by atoms with E-state index in [4.69, 9.17) is 14.2 Å². The Labute approximate surface area is 120 Å². The maximum atomic E-state index is 5.52. The van der Waals surface area contributed by atoms with Crippen molar-refractivity contribution in [2.45, 2.75) is 13.2 Å². The van der Waals surface area contributed by atoms with Crippen LogP contribution in [-0.4, -0.2) is 21.3 Å². The Kier molecular flexibility index (Phi) is 4.77. The highest BCUT2D eigenvalue weighted by atomic mass is 16.7. The van der Waals surface area contributed by atoms with E-state index in [0.717, 1.165) is 22.4 Å². The maximum Gasteiger partial charge on any atom is 0.183 e. The molecule has 0 aliphatic rings. The fourth-order valence-corrected chi connectivity index (χ4v) is 2.41. The van der Waals surface area contributed by atoms with Crippen LogP contribution in [0, 0.1) is 6.92 Å². The molecule has 0 aliphatic heterocycles. The van der Waals surface area contributed by atoms with Gasteiger partial charge in [0.25, 0.3) is 0 Å². The fraction of sp³-hybridized carbons (Fsp3) is 0.294. The SMILES string of the molecule is COc1cccc(C(OC)OC)c1-c1ccccc1C. The summed E-state index contributed by atoms with van der Waals surface area (Å²) >= 11 is 0. The van der Waals surface area contributed by atoms with Gasteiger partial charge < -0.3 is 14.2 Å². The lowest BCUT2D eigenvalue weighted by Gasteiger charge is -2.21. The molecule has 0 unspecified atom stereocenters. The summed E-state index contributed by atoms with van der Waals surface area (Å²) in [6.45, 7) is 2.08. The average Bonchev–Trinajstić information content (AvgIpc) is 2.49. The lowest BCUT2D eigenvalue weighted by Crippen LogP contribution is -2.06. The molecule has 0 atom stereocenters. The largest absolute Gasteiger partial charge is 0.496 e. The molecule has 2 aromatic carbocycles. The van der Waals surface area contributed by atoms with Crippen molar-refractivity contribution in [3.05, 3.63) is 53.6 Å². The van der Waals surface area contributed by atoms with Crippen molar-refractivity contribution in [3.63, 3.8) is 0 Å². The molecular formula is C17H20O3. The summed E-state index contributed by atoms with van der Waals surface area (Å²) < 4.78 is 16.3. The zero-order valence-corrected chi connectivity index (χ0v) is 12.3. The average molecular weight is 272 g/mol. The molecule has 0 saturated carbocycles. The van der Waals surface area contributed by atoms with Gasteiger partial charge >= 0.3 is 0 Å². The predicted molar refractivity (Wildman–Crippen MR) is 79.9 cm³/mol. The molecule has 0 spiro atoms. The van der Waals surface area contributed by atoms with E-state index in [-0.39, 0.29) is 0 Å². The highest BCUT2D eigenvalue weighted by Gasteiger charge is 2.19. The van der Waals surface area contributed by atoms with Crippen LogP contribution in [0.5, 0.6) is 5.75 Å². The minimum Gasteiger partial charge on any atom is -0.496 e. The van der Waals surface area contributed by atoms with Gasteiger partial charge in [0.1, 0.15) is 5.75 Å². The zero-order valence-electron chi connectivity index (χ0n) is 12.3. The van der Waals surface area contributed by atoms with Crippen LogP contribution < -0.4 is 4.74 Å². The number of hydrogen-bond acceptors (Lipinski definition) is 3. The van der Waals surface area contributed by atoms with Gasteiger partial charge in [0, 0.05) is 25.3 Å². The molecule has 0 N–H and O–H groups in total. The van der Waals surface area contributed by atoms with Crippen molar-refractivity contribution in [2.75, 3.05) is 21.3 Å². The number of hydrogen-bond donors (Lipinski definition) is 0. The van der Waals surface area contributed by atoms with Crippen LogP contribution in [0.1, 0.15) is 17.4 Å². The molecular weight excluding hydrogens is 252 g/mol. The highest BCUT2D eigenvalue weighted by molar-refractivity contribution is 5.76. The Morgan fingerprint density at radius 3 is 2.15 bits per heavy atom. The van der Waals surface area contributed by atoms with Gasteiger partial charge in [0.15, 0.2) is 6.29 Å². The van der Waals surface area contributed by atoms with Crippen molar-refractivity contribution in [1.29, 1.82) is 0 Å². The molecule has 0 radical (unpaired) electrons. The van der Waals surface area contributed by atoms with Crippen molar-refractivity contribution >= 4 is 0 Å². The van der Waals surface area contributed by atoms with Crippen LogP contribution in [-0.2, 0) is 9.47 Å². The van der Waals surface area contributed by atoms with Crippen LogP contribution in [0.15, 0.2) is 42.5 Å². The standard InChI is InChI=1S/C17H20O3/c1-12-8-5-6-9-13(12)16-14(17(19-3)20-4)10-7-11-15(16)18-2/h5-11,17H,1-4H3. The second-order valence-electron chi connectivity index (χ2n) is 4.54. The first-order valence-electron chi connectivity index (χ1n) is 6.51. The Balaban J connectivity index is 2.69. The smallest absolute Gasteiger partial charge is 0.183 e. The number of methoxy groups -OCH3 is 3. The quantitative estimate of drug-likeness (QED) is 0.771. The van der Waals surface area contributed by atoms with Crippen LogP contribution in [0.2, 0.25) is 0 Å². The van der Waals surface area contributed by atoms with Gasteiger partial charge in [-0.15, -0.1) is 0 Å². The molecule has 0 heterocycles. The minimum absolute atomic E-state index is 0.417. The normalized spacial score (nSPS) is 10.8. The molecule has 0 amide bonds. The van der Waals surface area contributed by atoms with Gasteiger partial charge in [-0.2, -0.15) is 0 Å². The van der Waals surface area contributed by atoms with Crippen LogP contribution >= 0.6 is 0 Å². The third-order valence-corrected chi connectivity index (χ3v) is 3.37. The lowest BCUT2D eigenvalue weighted by molar-refractivity contribution is -0.105. The van der Waals surface area contributed by atoms with Gasteiger partial charge in [0.2, 0.25) is 0 Å². The van der Waals surface area contributed by atoms with E-state index >= 15 is 0 Å². The molecule has 3 nitrogen and oxygen atoms in total. The number of aryl methyl sites for hydroxylation is 1. The van der Waals surface area contributed by atoms with Gasteiger partial charge in [-0.25, -0.2) is 0 Å². The highest BCUT2D eigenvalue weighted by Crippen LogP contribution is 2.38. The third kappa shape index (κ3) is 2.69. The van der Waals surface area contributed by atoms with Crippen LogP contribution in [0.4, 0.5) is 0 Å². The van der Waals surface area contributed by atoms with Gasteiger partial charge in [-0.1, -0.05) is 36.4 Å². The summed E-state index contributed by atoms with van der Waals surface area (Å²) in [6.07, 6.45) is -0.417. The predicted octanol–water partition coefficient (Wildman–Crippen LogP) is 3.96.